The maximum atomic E-state index is 13.2. The molecule has 25 heavy (non-hydrogen) atoms. The van der Waals surface area contributed by atoms with Crippen LogP contribution in [-0.4, -0.2) is 63.8 Å². The summed E-state index contributed by atoms with van der Waals surface area (Å²) in [4.78, 5) is 6.73. The van der Waals surface area contributed by atoms with Gasteiger partial charge < -0.3 is 15.4 Å². The monoisotopic (exact) mass is 348 g/mol. The summed E-state index contributed by atoms with van der Waals surface area (Å²) in [6.45, 7) is 6.34. The zero-order chi connectivity index (χ0) is 17.5. The van der Waals surface area contributed by atoms with Crippen LogP contribution in [0.5, 0.6) is 0 Å². The zero-order valence-electron chi connectivity index (χ0n) is 15.1. The van der Waals surface area contributed by atoms with E-state index in [0.717, 1.165) is 64.7 Å². The van der Waals surface area contributed by atoms with Crippen molar-refractivity contribution in [2.75, 3.05) is 53.0 Å². The van der Waals surface area contributed by atoms with Crippen molar-refractivity contribution in [3.05, 3.63) is 35.6 Å². The van der Waals surface area contributed by atoms with Crippen LogP contribution in [0.2, 0.25) is 0 Å². The van der Waals surface area contributed by atoms with Gasteiger partial charge in [-0.25, -0.2) is 4.39 Å². The summed E-state index contributed by atoms with van der Waals surface area (Å²) in [6.07, 6.45) is 3.49. The predicted octanol–water partition coefficient (Wildman–Crippen LogP) is 1.74. The molecule has 2 fully saturated rings. The molecule has 0 atom stereocenters. The quantitative estimate of drug-likeness (QED) is 0.607. The molecular formula is C19H29FN4O. The van der Waals surface area contributed by atoms with E-state index < -0.39 is 0 Å². The molecule has 0 unspecified atom stereocenters. The van der Waals surface area contributed by atoms with E-state index in [2.05, 4.69) is 20.5 Å². The smallest absolute Gasteiger partial charge is 0.191 e. The Hall–Kier alpha value is -1.66. The molecule has 0 aromatic heterocycles. The van der Waals surface area contributed by atoms with Crippen LogP contribution in [0, 0.1) is 5.82 Å². The van der Waals surface area contributed by atoms with Crippen molar-refractivity contribution in [1.82, 2.24) is 15.5 Å². The Morgan fingerprint density at radius 1 is 1.20 bits per heavy atom. The van der Waals surface area contributed by atoms with E-state index in [-0.39, 0.29) is 11.2 Å². The molecule has 1 aliphatic carbocycles. The number of hydrogen-bond donors (Lipinski definition) is 2. The first-order chi connectivity index (χ1) is 12.2. The first kappa shape index (κ1) is 18.1. The Bertz CT molecular complexity index is 565. The average Bonchev–Trinajstić information content (AvgIpc) is 2.61. The summed E-state index contributed by atoms with van der Waals surface area (Å²) in [5.74, 6) is 0.661. The van der Waals surface area contributed by atoms with Gasteiger partial charge in [0, 0.05) is 45.2 Å². The number of hydrogen-bond acceptors (Lipinski definition) is 3. The first-order valence-electron chi connectivity index (χ1n) is 9.22. The SMILES string of the molecule is CN=C(NCCN1CCOCC1)NCC1(c2ccc(F)cc2)CCC1. The number of morpholine rings is 1. The predicted molar refractivity (Wildman–Crippen MR) is 98.6 cm³/mol. The molecule has 1 aliphatic heterocycles. The molecule has 5 nitrogen and oxygen atoms in total. The van der Waals surface area contributed by atoms with Gasteiger partial charge in [-0.15, -0.1) is 0 Å². The lowest BCUT2D eigenvalue weighted by Crippen LogP contribution is -2.50. The van der Waals surface area contributed by atoms with Gasteiger partial charge in [-0.1, -0.05) is 18.6 Å². The zero-order valence-corrected chi connectivity index (χ0v) is 15.1. The molecule has 138 valence electrons. The standard InChI is InChI=1S/C19H29FN4O/c1-21-18(22-9-10-24-11-13-25-14-12-24)23-15-19(7-2-8-19)16-3-5-17(20)6-4-16/h3-6H,2,7-15H2,1H3,(H2,21,22,23). The average molecular weight is 348 g/mol. The highest BCUT2D eigenvalue weighted by molar-refractivity contribution is 5.79. The Morgan fingerprint density at radius 2 is 1.92 bits per heavy atom. The topological polar surface area (TPSA) is 48.9 Å². The highest BCUT2D eigenvalue weighted by Gasteiger charge is 2.38. The first-order valence-corrected chi connectivity index (χ1v) is 9.22. The minimum atomic E-state index is -0.174. The molecule has 0 bridgehead atoms. The lowest BCUT2D eigenvalue weighted by molar-refractivity contribution is 0.0389. The van der Waals surface area contributed by atoms with Crippen LogP contribution in [0.15, 0.2) is 29.3 Å². The summed E-state index contributed by atoms with van der Waals surface area (Å²) in [6, 6.07) is 6.96. The Morgan fingerprint density at radius 3 is 2.52 bits per heavy atom. The molecular weight excluding hydrogens is 319 g/mol. The van der Waals surface area contributed by atoms with Gasteiger partial charge in [0.1, 0.15) is 5.82 Å². The second-order valence-corrected chi connectivity index (χ2v) is 6.95. The van der Waals surface area contributed by atoms with E-state index >= 15 is 0 Å². The van der Waals surface area contributed by atoms with Crippen LogP contribution in [0.4, 0.5) is 4.39 Å². The molecule has 0 radical (unpaired) electrons. The van der Waals surface area contributed by atoms with E-state index in [0.29, 0.717) is 0 Å². The van der Waals surface area contributed by atoms with Crippen molar-refractivity contribution in [3.8, 4) is 0 Å². The molecule has 3 rings (SSSR count). The largest absolute Gasteiger partial charge is 0.379 e. The summed E-state index contributed by atoms with van der Waals surface area (Å²) < 4.78 is 18.6. The van der Waals surface area contributed by atoms with Gasteiger partial charge in [0.25, 0.3) is 0 Å². The summed E-state index contributed by atoms with van der Waals surface area (Å²) in [7, 11) is 1.80. The van der Waals surface area contributed by atoms with Gasteiger partial charge in [-0.05, 0) is 30.5 Å². The highest BCUT2D eigenvalue weighted by atomic mass is 19.1. The molecule has 2 aliphatic rings. The maximum absolute atomic E-state index is 13.2. The van der Waals surface area contributed by atoms with Crippen LogP contribution >= 0.6 is 0 Å². The molecule has 2 N–H and O–H groups in total. The molecule has 0 amide bonds. The molecule has 1 saturated heterocycles. The Balaban J connectivity index is 1.47. The van der Waals surface area contributed by atoms with E-state index in [4.69, 9.17) is 4.74 Å². The number of guanidine groups is 1. The van der Waals surface area contributed by atoms with Gasteiger partial charge in [0.2, 0.25) is 0 Å². The lowest BCUT2D eigenvalue weighted by atomic mass is 9.64. The van der Waals surface area contributed by atoms with Crippen molar-refractivity contribution < 1.29 is 9.13 Å². The van der Waals surface area contributed by atoms with E-state index in [1.807, 2.05) is 12.1 Å². The van der Waals surface area contributed by atoms with E-state index in [9.17, 15) is 4.39 Å². The third-order valence-corrected chi connectivity index (χ3v) is 5.41. The summed E-state index contributed by atoms with van der Waals surface area (Å²) in [5, 5.41) is 6.86. The van der Waals surface area contributed by atoms with Crippen LogP contribution < -0.4 is 10.6 Å². The molecule has 1 aromatic carbocycles. The van der Waals surface area contributed by atoms with Gasteiger partial charge in [-0.2, -0.15) is 0 Å². The highest BCUT2D eigenvalue weighted by Crippen LogP contribution is 2.43. The molecule has 6 heteroatoms. The number of halogens is 1. The van der Waals surface area contributed by atoms with Gasteiger partial charge in [-0.3, -0.25) is 9.89 Å². The fourth-order valence-corrected chi connectivity index (χ4v) is 3.61. The van der Waals surface area contributed by atoms with Crippen LogP contribution in [0.1, 0.15) is 24.8 Å². The Labute approximate surface area is 149 Å². The van der Waals surface area contributed by atoms with Gasteiger partial charge >= 0.3 is 0 Å². The number of nitrogens with zero attached hydrogens (tertiary/aromatic N) is 2. The van der Waals surface area contributed by atoms with Crippen LogP contribution in [0.3, 0.4) is 0 Å². The molecule has 1 saturated carbocycles. The van der Waals surface area contributed by atoms with Crippen molar-refractivity contribution in [3.63, 3.8) is 0 Å². The van der Waals surface area contributed by atoms with Crippen molar-refractivity contribution in [2.24, 2.45) is 4.99 Å². The van der Waals surface area contributed by atoms with Gasteiger partial charge in [0.05, 0.1) is 13.2 Å². The number of rotatable bonds is 6. The lowest BCUT2D eigenvalue weighted by Gasteiger charge is -2.43. The van der Waals surface area contributed by atoms with Crippen LogP contribution in [0.25, 0.3) is 0 Å². The minimum Gasteiger partial charge on any atom is -0.379 e. The normalized spacial score (nSPS) is 20.8. The molecule has 0 spiro atoms. The maximum Gasteiger partial charge on any atom is 0.191 e. The Kier molecular flexibility index (Phi) is 6.26. The van der Waals surface area contributed by atoms with Crippen molar-refractivity contribution >= 4 is 5.96 Å². The molecule has 1 aromatic rings. The fourth-order valence-electron chi connectivity index (χ4n) is 3.61. The van der Waals surface area contributed by atoms with Crippen molar-refractivity contribution in [1.29, 1.82) is 0 Å². The van der Waals surface area contributed by atoms with E-state index in [1.54, 1.807) is 19.2 Å². The van der Waals surface area contributed by atoms with E-state index in [1.165, 1.54) is 12.0 Å². The minimum absolute atomic E-state index is 0.107. The number of nitrogens with one attached hydrogen (secondary N) is 2. The summed E-state index contributed by atoms with van der Waals surface area (Å²) >= 11 is 0. The number of ether oxygens (including phenoxy) is 1. The number of aliphatic imine (C=N–C) groups is 1. The second kappa shape index (κ2) is 8.63. The third-order valence-electron chi connectivity index (χ3n) is 5.41. The number of benzene rings is 1. The fraction of sp³-hybridized carbons (Fsp3) is 0.632. The van der Waals surface area contributed by atoms with Crippen molar-refractivity contribution in [2.45, 2.75) is 24.7 Å². The molecule has 1 heterocycles. The van der Waals surface area contributed by atoms with Gasteiger partial charge in [0.15, 0.2) is 5.96 Å². The second-order valence-electron chi connectivity index (χ2n) is 6.95. The third kappa shape index (κ3) is 4.70. The van der Waals surface area contributed by atoms with Crippen LogP contribution in [-0.2, 0) is 10.2 Å². The summed E-state index contributed by atoms with van der Waals surface area (Å²) in [5.41, 5.74) is 1.33.